The van der Waals surface area contributed by atoms with E-state index in [9.17, 15) is 13.2 Å². The highest BCUT2D eigenvalue weighted by atomic mass is 32.2. The topological polar surface area (TPSA) is 51.2 Å². The molecule has 24 heavy (non-hydrogen) atoms. The molecular formula is C20H42O3S. The number of carbonyl (C=O) groups excluding carboxylic acids is 1. The fourth-order valence-electron chi connectivity index (χ4n) is 0.668. The van der Waals surface area contributed by atoms with Gasteiger partial charge in [-0.25, -0.2) is 8.42 Å². The summed E-state index contributed by atoms with van der Waals surface area (Å²) >= 11 is 0. The second-order valence-electron chi connectivity index (χ2n) is 4.41. The normalized spacial score (nSPS) is 7.79. The van der Waals surface area contributed by atoms with E-state index in [4.69, 9.17) is 0 Å². The highest BCUT2D eigenvalue weighted by Crippen LogP contribution is 2.05. The van der Waals surface area contributed by atoms with Crippen molar-refractivity contribution in [3.63, 3.8) is 0 Å². The Bertz CT molecular complexity index is 404. The number of ketones is 1. The van der Waals surface area contributed by atoms with Crippen molar-refractivity contribution in [1.29, 1.82) is 0 Å². The zero-order valence-corrected chi connectivity index (χ0v) is 18.8. The van der Waals surface area contributed by atoms with E-state index in [1.165, 1.54) is 32.9 Å². The molecule has 1 aromatic rings. The van der Waals surface area contributed by atoms with E-state index in [2.05, 4.69) is 27.7 Å². The van der Waals surface area contributed by atoms with Crippen molar-refractivity contribution in [3.8, 4) is 0 Å². The van der Waals surface area contributed by atoms with Crippen LogP contribution in [0.3, 0.4) is 0 Å². The summed E-state index contributed by atoms with van der Waals surface area (Å²) in [4.78, 5) is 9.81. The van der Waals surface area contributed by atoms with Crippen LogP contribution in [0.15, 0.2) is 35.2 Å². The molecule has 0 atom stereocenters. The van der Waals surface area contributed by atoms with Gasteiger partial charge < -0.3 is 4.79 Å². The lowest BCUT2D eigenvalue weighted by molar-refractivity contribution is -0.114. The number of carbonyl (C=O) groups is 1. The van der Waals surface area contributed by atoms with E-state index in [1.54, 1.807) is 30.3 Å². The third-order valence-corrected chi connectivity index (χ3v) is 2.30. The lowest BCUT2D eigenvalue weighted by Gasteiger charge is -1.93. The molecule has 0 spiro atoms. The zero-order valence-electron chi connectivity index (χ0n) is 17.9. The molecule has 146 valence electrons. The molecule has 1 aromatic carbocycles. The number of hydrogen-bond acceptors (Lipinski definition) is 3. The van der Waals surface area contributed by atoms with Crippen LogP contribution in [-0.2, 0) is 14.6 Å². The van der Waals surface area contributed by atoms with Crippen molar-refractivity contribution in [2.24, 2.45) is 0 Å². The Morgan fingerprint density at radius 2 is 1.00 bits per heavy atom. The van der Waals surface area contributed by atoms with Crippen molar-refractivity contribution in [2.45, 2.75) is 87.0 Å². The molecule has 0 aliphatic rings. The number of benzene rings is 1. The fourth-order valence-corrected chi connectivity index (χ4v) is 1.32. The summed E-state index contributed by atoms with van der Waals surface area (Å²) in [7, 11) is -3.00. The van der Waals surface area contributed by atoms with Crippen LogP contribution >= 0.6 is 0 Å². The summed E-state index contributed by atoms with van der Waals surface area (Å²) in [5.41, 5.74) is 0. The van der Waals surface area contributed by atoms with Crippen molar-refractivity contribution < 1.29 is 13.2 Å². The van der Waals surface area contributed by atoms with Crippen molar-refractivity contribution in [1.82, 2.24) is 0 Å². The quantitative estimate of drug-likeness (QED) is 0.567. The summed E-state index contributed by atoms with van der Waals surface area (Å²) in [5, 5.41) is 0. The minimum Gasteiger partial charge on any atom is -0.300 e. The zero-order chi connectivity index (χ0) is 20.6. The Balaban J connectivity index is -0.0000000726. The van der Waals surface area contributed by atoms with Crippen LogP contribution in [0.25, 0.3) is 0 Å². The Morgan fingerprint density at radius 3 is 1.12 bits per heavy atom. The summed E-state index contributed by atoms with van der Waals surface area (Å²) in [5.74, 6) is 0.167. The van der Waals surface area contributed by atoms with Gasteiger partial charge >= 0.3 is 0 Å². The Hall–Kier alpha value is -1.16. The van der Waals surface area contributed by atoms with Gasteiger partial charge in [0.15, 0.2) is 9.84 Å². The van der Waals surface area contributed by atoms with Gasteiger partial charge in [-0.15, -0.1) is 0 Å². The summed E-state index contributed by atoms with van der Waals surface area (Å²) in [6, 6.07) is 8.35. The number of hydrogen-bond donors (Lipinski definition) is 0. The van der Waals surface area contributed by atoms with E-state index >= 15 is 0 Å². The lowest BCUT2D eigenvalue weighted by Crippen LogP contribution is -1.95. The SMILES string of the molecule is CC.CC.CC(C)=O.CCC.CCC.CS(=O)(=O)c1ccccc1. The molecule has 0 heterocycles. The average Bonchev–Trinajstić information content (AvgIpc) is 2.52. The van der Waals surface area contributed by atoms with E-state index in [1.807, 2.05) is 27.7 Å². The lowest BCUT2D eigenvalue weighted by atomic mass is 10.4. The Kier molecular flexibility index (Phi) is 42.5. The van der Waals surface area contributed by atoms with Crippen molar-refractivity contribution in [3.05, 3.63) is 30.3 Å². The number of sulfone groups is 1. The second kappa shape index (κ2) is 29.8. The molecule has 4 heteroatoms. The van der Waals surface area contributed by atoms with Crippen LogP contribution in [0.4, 0.5) is 0 Å². The second-order valence-corrected chi connectivity index (χ2v) is 6.42. The smallest absolute Gasteiger partial charge is 0.175 e. The molecule has 3 nitrogen and oxygen atoms in total. The average molecular weight is 363 g/mol. The molecule has 1 rings (SSSR count). The maximum absolute atomic E-state index is 10.8. The van der Waals surface area contributed by atoms with Gasteiger partial charge in [-0.05, 0) is 26.0 Å². The van der Waals surface area contributed by atoms with Crippen LogP contribution in [0.5, 0.6) is 0 Å². The van der Waals surface area contributed by atoms with Gasteiger partial charge in [0.1, 0.15) is 5.78 Å². The van der Waals surface area contributed by atoms with E-state index in [0.29, 0.717) is 4.90 Å². The fraction of sp³-hybridized carbons (Fsp3) is 0.650. The first-order valence-corrected chi connectivity index (χ1v) is 10.8. The molecular weight excluding hydrogens is 320 g/mol. The van der Waals surface area contributed by atoms with Gasteiger partial charge in [0.05, 0.1) is 4.90 Å². The van der Waals surface area contributed by atoms with Crippen LogP contribution in [0.2, 0.25) is 0 Å². The highest BCUT2D eigenvalue weighted by molar-refractivity contribution is 7.90. The standard InChI is InChI=1S/C7H8O2S.C3H6O.2C3H8.2C2H6/c1-10(8,9)7-5-3-2-4-6-7;1-3(2)4;2*1-3-2;2*1-2/h2-6H,1H3;1-2H3;2*3H2,1-2H3;2*1-2H3. The highest BCUT2D eigenvalue weighted by Gasteiger charge is 2.02. The van der Waals surface area contributed by atoms with Gasteiger partial charge in [-0.2, -0.15) is 0 Å². The first kappa shape index (κ1) is 34.2. The minimum absolute atomic E-state index is 0.167. The van der Waals surface area contributed by atoms with Crippen LogP contribution < -0.4 is 0 Å². The molecule has 0 fully saturated rings. The van der Waals surface area contributed by atoms with Gasteiger partial charge in [0.25, 0.3) is 0 Å². The first-order chi connectivity index (χ1) is 11.2. The molecule has 0 aromatic heterocycles. The van der Waals surface area contributed by atoms with Gasteiger partial charge in [-0.1, -0.05) is 86.4 Å². The van der Waals surface area contributed by atoms with Crippen LogP contribution in [0, 0.1) is 0 Å². The van der Waals surface area contributed by atoms with Crippen molar-refractivity contribution in [2.75, 3.05) is 6.26 Å². The van der Waals surface area contributed by atoms with Crippen LogP contribution in [0.1, 0.15) is 82.1 Å². The Morgan fingerprint density at radius 1 is 0.792 bits per heavy atom. The molecule has 0 saturated heterocycles. The van der Waals surface area contributed by atoms with E-state index in [-0.39, 0.29) is 5.78 Å². The predicted octanol–water partition coefficient (Wildman–Crippen LogP) is 6.57. The maximum atomic E-state index is 10.8. The van der Waals surface area contributed by atoms with Gasteiger partial charge in [-0.3, -0.25) is 0 Å². The molecule has 0 bridgehead atoms. The summed E-state index contributed by atoms with van der Waals surface area (Å²) < 4.78 is 21.7. The molecule has 0 unspecified atom stereocenters. The largest absolute Gasteiger partial charge is 0.300 e. The molecule has 0 radical (unpaired) electrons. The molecule has 0 aliphatic heterocycles. The van der Waals surface area contributed by atoms with E-state index < -0.39 is 9.84 Å². The van der Waals surface area contributed by atoms with Crippen LogP contribution in [-0.4, -0.2) is 20.5 Å². The first-order valence-electron chi connectivity index (χ1n) is 8.89. The molecule has 0 saturated carbocycles. The third kappa shape index (κ3) is 49.8. The number of rotatable bonds is 1. The molecule has 0 N–H and O–H groups in total. The monoisotopic (exact) mass is 362 g/mol. The van der Waals surface area contributed by atoms with Gasteiger partial charge in [0, 0.05) is 6.26 Å². The summed E-state index contributed by atoms with van der Waals surface area (Å²) in [6.07, 6.45) is 3.70. The van der Waals surface area contributed by atoms with E-state index in [0.717, 1.165) is 0 Å². The molecule has 0 aliphatic carbocycles. The molecule has 0 amide bonds. The summed E-state index contributed by atoms with van der Waals surface area (Å²) in [6.45, 7) is 19.6. The number of Topliss-reactive ketones (excluding diaryl/α,β-unsaturated/α-hetero) is 1. The predicted molar refractivity (Wildman–Crippen MR) is 111 cm³/mol. The Labute approximate surface area is 152 Å². The third-order valence-electron chi connectivity index (χ3n) is 1.17. The maximum Gasteiger partial charge on any atom is 0.175 e. The minimum atomic E-state index is -3.00. The van der Waals surface area contributed by atoms with Gasteiger partial charge in [0.2, 0.25) is 0 Å². The van der Waals surface area contributed by atoms with Crippen molar-refractivity contribution >= 4 is 15.6 Å².